The van der Waals surface area contributed by atoms with Gasteiger partial charge in [0.1, 0.15) is 0 Å². The first kappa shape index (κ1) is 12.6. The highest BCUT2D eigenvalue weighted by atomic mass is 15.1. The summed E-state index contributed by atoms with van der Waals surface area (Å²) in [7, 11) is 0. The molecule has 1 aliphatic carbocycles. The molecule has 0 saturated heterocycles. The zero-order valence-electron chi connectivity index (χ0n) is 11.3. The fourth-order valence-corrected chi connectivity index (χ4v) is 2.97. The van der Waals surface area contributed by atoms with E-state index < -0.39 is 0 Å². The molecule has 1 N–H and O–H groups in total. The predicted octanol–water partition coefficient (Wildman–Crippen LogP) is 2.99. The van der Waals surface area contributed by atoms with Gasteiger partial charge in [0.25, 0.3) is 0 Å². The number of nitrogens with one attached hydrogen (secondary N) is 1. The molecule has 2 rings (SSSR count). The van der Waals surface area contributed by atoms with Crippen molar-refractivity contribution in [3.05, 3.63) is 18.2 Å². The molecule has 0 radical (unpaired) electrons. The van der Waals surface area contributed by atoms with Gasteiger partial charge in [0, 0.05) is 18.8 Å². The smallest absolute Gasteiger partial charge is 0.0951 e. The minimum absolute atomic E-state index is 0.648. The molecule has 0 bridgehead atoms. The Hall–Kier alpha value is -0.830. The van der Waals surface area contributed by atoms with Gasteiger partial charge in [0.2, 0.25) is 0 Å². The second-order valence-corrected chi connectivity index (χ2v) is 5.41. The third kappa shape index (κ3) is 2.71. The van der Waals surface area contributed by atoms with Crippen LogP contribution in [0, 0.1) is 11.8 Å². The van der Waals surface area contributed by atoms with Gasteiger partial charge in [-0.3, -0.25) is 0 Å². The van der Waals surface area contributed by atoms with Crippen molar-refractivity contribution in [2.45, 2.75) is 52.6 Å². The molecule has 17 heavy (non-hydrogen) atoms. The molecule has 0 aliphatic heterocycles. The van der Waals surface area contributed by atoms with E-state index in [1.165, 1.54) is 25.0 Å². The summed E-state index contributed by atoms with van der Waals surface area (Å²) in [5, 5.41) is 3.40. The van der Waals surface area contributed by atoms with E-state index in [-0.39, 0.29) is 0 Å². The molecule has 96 valence electrons. The number of nitrogens with zero attached hydrogens (tertiary/aromatic N) is 2. The molecular formula is C14H25N3. The normalized spacial score (nSPS) is 29.5. The average Bonchev–Trinajstić information content (AvgIpc) is 2.78. The Morgan fingerprint density at radius 2 is 2.24 bits per heavy atom. The van der Waals surface area contributed by atoms with Crippen LogP contribution in [0.5, 0.6) is 0 Å². The van der Waals surface area contributed by atoms with Crippen LogP contribution in [0.1, 0.15) is 51.8 Å². The second-order valence-electron chi connectivity index (χ2n) is 5.41. The largest absolute Gasteiger partial charge is 0.330 e. The first-order valence-corrected chi connectivity index (χ1v) is 6.95. The molecule has 1 aliphatic rings. The molecule has 3 unspecified atom stereocenters. The number of imidazole rings is 1. The number of rotatable bonds is 4. The average molecular weight is 235 g/mol. The Morgan fingerprint density at radius 3 is 3.00 bits per heavy atom. The molecule has 1 aromatic rings. The SMILES string of the molecule is CCNCc1cncn1C1CCCC(C)C1C. The van der Waals surface area contributed by atoms with Gasteiger partial charge in [0.15, 0.2) is 0 Å². The molecule has 1 saturated carbocycles. The van der Waals surface area contributed by atoms with Crippen LogP contribution in [0.25, 0.3) is 0 Å². The minimum Gasteiger partial charge on any atom is -0.330 e. The fraction of sp³-hybridized carbons (Fsp3) is 0.786. The van der Waals surface area contributed by atoms with Gasteiger partial charge in [0.05, 0.1) is 12.0 Å². The number of hydrogen-bond acceptors (Lipinski definition) is 2. The van der Waals surface area contributed by atoms with Gasteiger partial charge >= 0.3 is 0 Å². The highest BCUT2D eigenvalue weighted by Crippen LogP contribution is 2.38. The maximum absolute atomic E-state index is 4.33. The number of hydrogen-bond donors (Lipinski definition) is 1. The Balaban J connectivity index is 2.12. The third-order valence-electron chi connectivity index (χ3n) is 4.32. The van der Waals surface area contributed by atoms with Crippen LogP contribution in [0.4, 0.5) is 0 Å². The molecule has 1 fully saturated rings. The van der Waals surface area contributed by atoms with E-state index in [9.17, 15) is 0 Å². The van der Waals surface area contributed by atoms with E-state index in [4.69, 9.17) is 0 Å². The summed E-state index contributed by atoms with van der Waals surface area (Å²) in [5.41, 5.74) is 1.33. The summed E-state index contributed by atoms with van der Waals surface area (Å²) in [6.07, 6.45) is 8.07. The van der Waals surface area contributed by atoms with E-state index in [0.29, 0.717) is 6.04 Å². The molecular weight excluding hydrogens is 210 g/mol. The lowest BCUT2D eigenvalue weighted by Gasteiger charge is -2.35. The van der Waals surface area contributed by atoms with Gasteiger partial charge in [-0.25, -0.2) is 4.98 Å². The zero-order chi connectivity index (χ0) is 12.3. The van der Waals surface area contributed by atoms with E-state index >= 15 is 0 Å². The highest BCUT2D eigenvalue weighted by Gasteiger charge is 2.29. The molecule has 0 spiro atoms. The topological polar surface area (TPSA) is 29.9 Å². The summed E-state index contributed by atoms with van der Waals surface area (Å²) in [6.45, 7) is 8.88. The molecule has 3 atom stereocenters. The van der Waals surface area contributed by atoms with Crippen molar-refractivity contribution in [1.82, 2.24) is 14.9 Å². The van der Waals surface area contributed by atoms with Crippen LogP contribution in [0.15, 0.2) is 12.5 Å². The summed E-state index contributed by atoms with van der Waals surface area (Å²) in [4.78, 5) is 4.33. The molecule has 1 heterocycles. The zero-order valence-corrected chi connectivity index (χ0v) is 11.3. The maximum atomic E-state index is 4.33. The van der Waals surface area contributed by atoms with Crippen molar-refractivity contribution in [3.63, 3.8) is 0 Å². The molecule has 1 aromatic heterocycles. The standard InChI is InChI=1S/C14H25N3/c1-4-15-8-13-9-16-10-17(13)14-7-5-6-11(2)12(14)3/h9-12,14-15H,4-8H2,1-3H3. The third-order valence-corrected chi connectivity index (χ3v) is 4.32. The van der Waals surface area contributed by atoms with Crippen LogP contribution in [0.3, 0.4) is 0 Å². The van der Waals surface area contributed by atoms with Crippen LogP contribution < -0.4 is 5.32 Å². The van der Waals surface area contributed by atoms with Crippen LogP contribution in [-0.4, -0.2) is 16.1 Å². The van der Waals surface area contributed by atoms with E-state index in [1.54, 1.807) is 0 Å². The number of aromatic nitrogens is 2. The lowest BCUT2D eigenvalue weighted by atomic mass is 9.78. The summed E-state index contributed by atoms with van der Waals surface area (Å²) < 4.78 is 2.41. The predicted molar refractivity (Wildman–Crippen MR) is 70.8 cm³/mol. The monoisotopic (exact) mass is 235 g/mol. The van der Waals surface area contributed by atoms with E-state index in [0.717, 1.165) is 24.9 Å². The highest BCUT2D eigenvalue weighted by molar-refractivity contribution is 5.02. The van der Waals surface area contributed by atoms with Crippen molar-refractivity contribution in [3.8, 4) is 0 Å². The Kier molecular flexibility index (Phi) is 4.21. The van der Waals surface area contributed by atoms with Gasteiger partial charge < -0.3 is 9.88 Å². The van der Waals surface area contributed by atoms with Gasteiger partial charge in [-0.2, -0.15) is 0 Å². The van der Waals surface area contributed by atoms with Crippen molar-refractivity contribution >= 4 is 0 Å². The summed E-state index contributed by atoms with van der Waals surface area (Å²) in [5.74, 6) is 1.60. The first-order chi connectivity index (χ1) is 8.24. The molecule has 0 amide bonds. The fourth-order valence-electron chi connectivity index (χ4n) is 2.97. The maximum Gasteiger partial charge on any atom is 0.0951 e. The second kappa shape index (κ2) is 5.67. The summed E-state index contributed by atoms with van der Waals surface area (Å²) in [6, 6.07) is 0.648. The Bertz CT molecular complexity index is 345. The van der Waals surface area contributed by atoms with Crippen molar-refractivity contribution in [1.29, 1.82) is 0 Å². The van der Waals surface area contributed by atoms with Gasteiger partial charge in [-0.15, -0.1) is 0 Å². The molecule has 3 heteroatoms. The first-order valence-electron chi connectivity index (χ1n) is 6.95. The van der Waals surface area contributed by atoms with Gasteiger partial charge in [-0.05, 0) is 24.8 Å². The lowest BCUT2D eigenvalue weighted by molar-refractivity contribution is 0.183. The van der Waals surface area contributed by atoms with Gasteiger partial charge in [-0.1, -0.05) is 33.6 Å². The summed E-state index contributed by atoms with van der Waals surface area (Å²) >= 11 is 0. The van der Waals surface area contributed by atoms with Crippen LogP contribution in [-0.2, 0) is 6.54 Å². The molecule has 0 aromatic carbocycles. The Morgan fingerprint density at radius 1 is 1.41 bits per heavy atom. The van der Waals surface area contributed by atoms with Crippen molar-refractivity contribution in [2.75, 3.05) is 6.54 Å². The Labute approximate surface area is 105 Å². The quantitative estimate of drug-likeness (QED) is 0.869. The van der Waals surface area contributed by atoms with E-state index in [2.05, 4.69) is 35.6 Å². The van der Waals surface area contributed by atoms with Crippen LogP contribution in [0.2, 0.25) is 0 Å². The van der Waals surface area contributed by atoms with Crippen molar-refractivity contribution in [2.24, 2.45) is 11.8 Å². The lowest BCUT2D eigenvalue weighted by Crippen LogP contribution is -2.28. The van der Waals surface area contributed by atoms with Crippen LogP contribution >= 0.6 is 0 Å². The minimum atomic E-state index is 0.648. The molecule has 3 nitrogen and oxygen atoms in total. The van der Waals surface area contributed by atoms with Crippen molar-refractivity contribution < 1.29 is 0 Å². The van der Waals surface area contributed by atoms with E-state index in [1.807, 2.05) is 12.5 Å².